The third-order valence-electron chi connectivity index (χ3n) is 14.6. The number of amides is 2. The Morgan fingerprint density at radius 2 is 0.830 bits per heavy atom. The van der Waals surface area contributed by atoms with Gasteiger partial charge in [0.25, 0.3) is 11.8 Å². The Kier molecular flexibility index (Phi) is 23.8. The number of ether oxygens (including phenoxy) is 3. The summed E-state index contributed by atoms with van der Waals surface area (Å²) in [5, 5.41) is 19.9. The van der Waals surface area contributed by atoms with E-state index in [9.17, 15) is 29.2 Å². The van der Waals surface area contributed by atoms with Gasteiger partial charge in [0.15, 0.2) is 6.10 Å². The first-order chi connectivity index (χ1) is 41.7. The largest absolute Gasteiger partial charge is 0.451 e. The van der Waals surface area contributed by atoms with Crippen LogP contribution in [0.3, 0.4) is 0 Å². The fourth-order valence-electron chi connectivity index (χ4n) is 11.1. The number of hydrogen-bond acceptors (Lipinski definition) is 16. The molecule has 464 valence electrons. The molecule has 88 heavy (non-hydrogen) atoms. The Bertz CT molecular complexity index is 3300. The molecule has 1 unspecified atom stereocenters. The normalized spacial score (nSPS) is 16.1. The number of carbonyl (C=O) groups excluding carboxylic acids is 5. The molecule has 11 N–H and O–H groups in total. The van der Waals surface area contributed by atoms with E-state index in [0.717, 1.165) is 5.56 Å². The molecular formula is C70H84N8O10. The lowest BCUT2D eigenvalue weighted by Gasteiger charge is -2.54. The Morgan fingerprint density at radius 3 is 1.18 bits per heavy atom. The van der Waals surface area contributed by atoms with Crippen molar-refractivity contribution in [2.24, 2.45) is 0 Å². The first-order valence-electron chi connectivity index (χ1n) is 29.0. The van der Waals surface area contributed by atoms with Gasteiger partial charge < -0.3 is 53.0 Å². The zero-order valence-electron chi connectivity index (χ0n) is 51.5. The van der Waals surface area contributed by atoms with Crippen molar-refractivity contribution in [1.82, 2.24) is 20.8 Å². The molecule has 18 heteroatoms. The number of anilines is 4. The Balaban J connectivity index is 0.000000212. The van der Waals surface area contributed by atoms with Gasteiger partial charge in [-0.1, -0.05) is 128 Å². The number of nitrogens with one attached hydrogen (secondary N) is 2. The topological polar surface area (TPSA) is 277 Å². The highest BCUT2D eigenvalue weighted by atomic mass is 16.7. The molecule has 0 spiro atoms. The van der Waals surface area contributed by atoms with Crippen LogP contribution in [0.15, 0.2) is 195 Å². The number of hydroxylamine groups is 4. The number of esters is 3. The van der Waals surface area contributed by atoms with Crippen molar-refractivity contribution in [1.29, 1.82) is 0 Å². The maximum Gasteiger partial charge on any atom is 0.340 e. The number of nitrogens with two attached hydrogens (primary N) is 4. The summed E-state index contributed by atoms with van der Waals surface area (Å²) in [4.78, 5) is 67.9. The maximum absolute atomic E-state index is 13.0. The molecule has 2 amide bonds. The molecule has 0 radical (unpaired) electrons. The van der Waals surface area contributed by atoms with E-state index >= 15 is 0 Å². The lowest BCUT2D eigenvalue weighted by atomic mass is 9.79. The molecule has 0 aromatic heterocycles. The monoisotopic (exact) mass is 1200 g/mol. The highest BCUT2D eigenvalue weighted by molar-refractivity contribution is 5.97. The average Bonchev–Trinajstić information content (AvgIpc) is 1.05. The number of carbonyl (C=O) groups is 5. The van der Waals surface area contributed by atoms with E-state index < -0.39 is 53.0 Å². The minimum atomic E-state index is -0.600. The number of nitrogens with zero attached hydrogens (tertiary/aromatic N) is 2. The van der Waals surface area contributed by atoms with Gasteiger partial charge in [0.2, 0.25) is 6.79 Å². The van der Waals surface area contributed by atoms with Crippen molar-refractivity contribution >= 4 is 58.5 Å². The van der Waals surface area contributed by atoms with Crippen LogP contribution in [0, 0.1) is 0 Å². The zero-order chi connectivity index (χ0) is 64.2. The molecule has 2 aliphatic heterocycles. The minimum absolute atomic E-state index is 0.0245. The van der Waals surface area contributed by atoms with Gasteiger partial charge in [-0.2, -0.15) is 10.1 Å². The van der Waals surface area contributed by atoms with Crippen molar-refractivity contribution < 1.29 is 48.2 Å². The number of nitrogen functional groups attached to an aromatic ring is 4. The lowest BCUT2D eigenvalue weighted by molar-refractivity contribution is -0.292. The van der Waals surface area contributed by atoms with Crippen LogP contribution in [-0.2, 0) is 19.0 Å². The zero-order valence-corrected chi connectivity index (χ0v) is 51.5. The summed E-state index contributed by atoms with van der Waals surface area (Å²) in [6.07, 6.45) is 3.86. The molecule has 7 aromatic rings. The van der Waals surface area contributed by atoms with Crippen LogP contribution in [0.1, 0.15) is 150 Å². The maximum atomic E-state index is 13.0. The second kappa shape index (κ2) is 30.8. The molecule has 0 saturated carbocycles. The van der Waals surface area contributed by atoms with Gasteiger partial charge >= 0.3 is 17.9 Å². The summed E-state index contributed by atoms with van der Waals surface area (Å²) in [6.45, 7) is 19.6. The van der Waals surface area contributed by atoms with Crippen molar-refractivity contribution in [2.75, 3.05) is 36.3 Å². The fraction of sp³-hybridized carbons (Fsp3) is 0.300. The van der Waals surface area contributed by atoms with Crippen LogP contribution in [-0.4, -0.2) is 92.7 Å². The van der Waals surface area contributed by atoms with E-state index in [-0.39, 0.29) is 30.5 Å². The minimum Gasteiger partial charge on any atom is -0.451 e. The highest BCUT2D eigenvalue weighted by Crippen LogP contribution is 2.40. The molecule has 2 aliphatic rings. The summed E-state index contributed by atoms with van der Waals surface area (Å²) in [6, 6.07) is 55.2. The molecular weight excluding hydrogens is 1110 g/mol. The number of hydrogen-bond donors (Lipinski definition) is 7. The first-order valence-corrected chi connectivity index (χ1v) is 29.0. The number of rotatable bonds is 15. The van der Waals surface area contributed by atoms with Crippen molar-refractivity contribution in [2.45, 2.75) is 121 Å². The molecule has 0 aliphatic carbocycles. The first kappa shape index (κ1) is 67.8. The standard InChI is InChI=1S/C31H38N4O4.C16H26N4O2.C15H12O4.C8H8/c1-30(2)18-26(34-28(36)23-15-24(32)17-25(33)16-23)19-31(3,4)35(30)38-20-27(21-11-7-5-8-12-21)39-29(37)22-13-9-6-10-14-22;1-15(2)8-13(9-16(3,4)20(15)22)19-14(21)10-5-11(17)7-12(18)6-10;16-14(12-7-3-1-4-8-12)18-11-19-15(17)13-9-5-2-6-10-13;1-2-8-6-4-3-5-7-8/h5-17,26-27H,18-20,32-33H2,1-4H3,(H,34,36);5-7,13,22H,8-9,17-18H2,1-4H3,(H,19,21);1-10H,11H2;2-7H,1H2. The predicted octanol–water partition coefficient (Wildman–Crippen LogP) is 12.1. The van der Waals surface area contributed by atoms with Gasteiger partial charge in [-0.25, -0.2) is 14.4 Å². The van der Waals surface area contributed by atoms with E-state index in [1.165, 1.54) is 10.6 Å². The molecule has 2 heterocycles. The third kappa shape index (κ3) is 20.1. The van der Waals surface area contributed by atoms with Crippen LogP contribution in [0.4, 0.5) is 22.7 Å². The van der Waals surface area contributed by atoms with Crippen LogP contribution in [0.25, 0.3) is 6.08 Å². The molecule has 7 aromatic carbocycles. The van der Waals surface area contributed by atoms with Gasteiger partial charge in [0.05, 0.1) is 16.7 Å². The predicted molar refractivity (Wildman–Crippen MR) is 345 cm³/mol. The fourth-order valence-corrected chi connectivity index (χ4v) is 11.1. The van der Waals surface area contributed by atoms with Gasteiger partial charge in [0.1, 0.15) is 6.61 Å². The van der Waals surface area contributed by atoms with Crippen LogP contribution in [0.5, 0.6) is 0 Å². The van der Waals surface area contributed by atoms with Crippen molar-refractivity contribution in [3.63, 3.8) is 0 Å². The second-order valence-electron chi connectivity index (χ2n) is 24.1. The van der Waals surface area contributed by atoms with Crippen LogP contribution < -0.4 is 33.6 Å². The van der Waals surface area contributed by atoms with Gasteiger partial charge in [0, 0.05) is 68.1 Å². The summed E-state index contributed by atoms with van der Waals surface area (Å²) in [5.41, 5.74) is 27.6. The van der Waals surface area contributed by atoms with E-state index in [1.54, 1.807) is 121 Å². The highest BCUT2D eigenvalue weighted by Gasteiger charge is 2.48. The van der Waals surface area contributed by atoms with Gasteiger partial charge in [-0.05, 0) is 165 Å². The van der Waals surface area contributed by atoms with Crippen LogP contribution >= 0.6 is 0 Å². The smallest absolute Gasteiger partial charge is 0.340 e. The van der Waals surface area contributed by atoms with E-state index in [0.29, 0.717) is 76.3 Å². The number of piperidine rings is 2. The lowest BCUT2D eigenvalue weighted by Crippen LogP contribution is -2.64. The van der Waals surface area contributed by atoms with E-state index in [2.05, 4.69) is 44.9 Å². The van der Waals surface area contributed by atoms with Crippen LogP contribution in [0.2, 0.25) is 0 Å². The van der Waals surface area contributed by atoms with Crippen molar-refractivity contribution in [3.05, 3.63) is 234 Å². The van der Waals surface area contributed by atoms with Gasteiger partial charge in [-0.3, -0.25) is 14.4 Å². The molecule has 18 nitrogen and oxygen atoms in total. The van der Waals surface area contributed by atoms with Gasteiger partial charge in [-0.15, -0.1) is 0 Å². The molecule has 2 fully saturated rings. The molecule has 9 rings (SSSR count). The SMILES string of the molecule is C=Cc1ccccc1.CC1(C)CC(NC(=O)c2cc(N)cc(N)c2)CC(C)(C)N1O.CC1(C)CC(NC(=O)c2cc(N)cc(N)c2)CC(C)(C)N1OCC(OC(=O)c1ccccc1)c1ccccc1.O=C(OCOC(=O)c1ccccc1)c1ccccc1. The summed E-state index contributed by atoms with van der Waals surface area (Å²) in [5.74, 6) is -1.86. The summed E-state index contributed by atoms with van der Waals surface area (Å²) in [7, 11) is 0. The molecule has 1 atom stereocenters. The molecule has 2 saturated heterocycles. The Labute approximate surface area is 516 Å². The summed E-state index contributed by atoms with van der Waals surface area (Å²) >= 11 is 0. The van der Waals surface area contributed by atoms with E-state index in [1.807, 2.05) is 106 Å². The summed E-state index contributed by atoms with van der Waals surface area (Å²) < 4.78 is 15.6. The Hall–Kier alpha value is -9.33. The quantitative estimate of drug-likeness (QED) is 0.0285. The van der Waals surface area contributed by atoms with E-state index in [4.69, 9.17) is 42.0 Å². The number of benzene rings is 7. The average molecular weight is 1200 g/mol. The second-order valence-corrected chi connectivity index (χ2v) is 24.1. The Morgan fingerprint density at radius 1 is 0.500 bits per heavy atom. The van der Waals surface area contributed by atoms with Crippen molar-refractivity contribution in [3.8, 4) is 0 Å². The molecule has 0 bridgehead atoms. The third-order valence-corrected chi connectivity index (χ3v) is 14.6.